The monoisotopic (exact) mass is 429 g/mol. The number of nitrogens with zero attached hydrogens (tertiary/aromatic N) is 5. The average Bonchev–Trinajstić information content (AvgIpc) is 3.16. The van der Waals surface area contributed by atoms with Crippen LogP contribution in [0.4, 0.5) is 5.82 Å². The summed E-state index contributed by atoms with van der Waals surface area (Å²) in [6, 6.07) is 18.8. The number of aromatic nitrogens is 2. The quantitative estimate of drug-likeness (QED) is 0.474. The predicted molar refractivity (Wildman–Crippen MR) is 122 cm³/mol. The first-order valence-corrected chi connectivity index (χ1v) is 10.6. The molecule has 1 aliphatic heterocycles. The summed E-state index contributed by atoms with van der Waals surface area (Å²) in [6.45, 7) is 2.81. The topological polar surface area (TPSA) is 64.6 Å². The summed E-state index contributed by atoms with van der Waals surface area (Å²) in [5, 5.41) is 9.63. The molecule has 3 heterocycles. The number of hydrogen-bond acceptors (Lipinski definition) is 4. The highest BCUT2D eigenvalue weighted by atomic mass is 35.5. The fourth-order valence-electron chi connectivity index (χ4n) is 4.17. The van der Waals surface area contributed by atoms with Gasteiger partial charge in [-0.2, -0.15) is 5.26 Å². The van der Waals surface area contributed by atoms with E-state index in [1.54, 1.807) is 24.3 Å². The van der Waals surface area contributed by atoms with Gasteiger partial charge in [0.2, 0.25) is 0 Å². The van der Waals surface area contributed by atoms with Gasteiger partial charge in [0.05, 0.1) is 28.2 Å². The van der Waals surface area contributed by atoms with Crippen molar-refractivity contribution in [1.29, 1.82) is 5.26 Å². The van der Waals surface area contributed by atoms with Crippen LogP contribution in [0.25, 0.3) is 16.6 Å². The number of rotatable bonds is 2. The molecule has 0 unspecified atom stereocenters. The molecule has 0 spiro atoms. The Kier molecular flexibility index (Phi) is 4.97. The van der Waals surface area contributed by atoms with Crippen LogP contribution in [0.1, 0.15) is 22.3 Å². The number of carbonyl (C=O) groups is 1. The first-order chi connectivity index (χ1) is 15.1. The number of anilines is 1. The van der Waals surface area contributed by atoms with Gasteiger partial charge in [0.1, 0.15) is 0 Å². The molecule has 1 fully saturated rings. The molecule has 0 bridgehead atoms. The summed E-state index contributed by atoms with van der Waals surface area (Å²) in [5.41, 5.74) is 4.07. The average molecular weight is 430 g/mol. The normalized spacial score (nSPS) is 14.6. The number of hydrogen-bond donors (Lipinski definition) is 0. The van der Waals surface area contributed by atoms with E-state index in [9.17, 15) is 4.79 Å². The smallest absolute Gasteiger partial charge is 0.253 e. The van der Waals surface area contributed by atoms with Gasteiger partial charge in [0.25, 0.3) is 5.91 Å². The Morgan fingerprint density at radius 1 is 1.00 bits per heavy atom. The first-order valence-electron chi connectivity index (χ1n) is 10.2. The van der Waals surface area contributed by atoms with Crippen LogP contribution in [-0.4, -0.2) is 46.4 Å². The van der Waals surface area contributed by atoms with E-state index in [1.165, 1.54) is 0 Å². The van der Waals surface area contributed by atoms with Gasteiger partial charge < -0.3 is 14.2 Å². The molecular weight excluding hydrogens is 410 g/mol. The van der Waals surface area contributed by atoms with E-state index in [1.807, 2.05) is 35.4 Å². The lowest BCUT2D eigenvalue weighted by Gasteiger charge is -2.24. The zero-order chi connectivity index (χ0) is 21.4. The molecule has 154 valence electrons. The predicted octanol–water partition coefficient (Wildman–Crippen LogP) is 4.37. The molecule has 0 N–H and O–H groups in total. The number of amides is 1. The van der Waals surface area contributed by atoms with E-state index >= 15 is 0 Å². The first kappa shape index (κ1) is 19.4. The molecule has 1 saturated heterocycles. The van der Waals surface area contributed by atoms with E-state index < -0.39 is 0 Å². The van der Waals surface area contributed by atoms with Crippen LogP contribution in [0.15, 0.2) is 60.8 Å². The third-order valence-corrected chi connectivity index (χ3v) is 5.98. The Labute approximate surface area is 184 Å². The number of nitriles is 1. The molecule has 2 aromatic carbocycles. The summed E-state index contributed by atoms with van der Waals surface area (Å²) < 4.78 is 2.14. The number of carbonyl (C=O) groups excluding carboxylic acids is 1. The maximum absolute atomic E-state index is 13.0. The van der Waals surface area contributed by atoms with E-state index in [2.05, 4.69) is 21.4 Å². The van der Waals surface area contributed by atoms with E-state index in [0.717, 1.165) is 35.3 Å². The van der Waals surface area contributed by atoms with Crippen LogP contribution < -0.4 is 4.90 Å². The second-order valence-corrected chi connectivity index (χ2v) is 8.09. The summed E-state index contributed by atoms with van der Waals surface area (Å²) in [6.07, 6.45) is 2.89. The highest BCUT2D eigenvalue weighted by Crippen LogP contribution is 2.28. The molecule has 31 heavy (non-hydrogen) atoms. The molecule has 6 nitrogen and oxygen atoms in total. The SMILES string of the molecule is N#Cc1ccc(C(=O)N2CCCN(c3nc4cc(Cl)ccc4n4cccc34)CC2)cc1. The molecule has 2 aromatic heterocycles. The fraction of sp³-hybridized carbons (Fsp3) is 0.208. The number of halogens is 1. The molecule has 1 amide bonds. The Bertz CT molecular complexity index is 1320. The Balaban J connectivity index is 1.42. The van der Waals surface area contributed by atoms with Gasteiger partial charge in [0.15, 0.2) is 5.82 Å². The van der Waals surface area contributed by atoms with Crippen molar-refractivity contribution in [3.05, 3.63) is 76.9 Å². The van der Waals surface area contributed by atoms with Crippen molar-refractivity contribution in [3.8, 4) is 6.07 Å². The lowest BCUT2D eigenvalue weighted by molar-refractivity contribution is 0.0767. The van der Waals surface area contributed by atoms with Crippen LogP contribution in [0.2, 0.25) is 5.02 Å². The zero-order valence-corrected chi connectivity index (χ0v) is 17.6. The highest BCUT2D eigenvalue weighted by Gasteiger charge is 2.23. The van der Waals surface area contributed by atoms with Gasteiger partial charge in [-0.15, -0.1) is 0 Å². The molecular formula is C24H20ClN5O. The Morgan fingerprint density at radius 2 is 1.84 bits per heavy atom. The van der Waals surface area contributed by atoms with Crippen molar-refractivity contribution in [1.82, 2.24) is 14.3 Å². The van der Waals surface area contributed by atoms with Crippen LogP contribution >= 0.6 is 11.6 Å². The minimum atomic E-state index is -0.00238. The third kappa shape index (κ3) is 3.58. The summed E-state index contributed by atoms with van der Waals surface area (Å²) in [7, 11) is 0. The van der Waals surface area contributed by atoms with Crippen molar-refractivity contribution >= 4 is 39.9 Å². The van der Waals surface area contributed by atoms with Crippen molar-refractivity contribution in [2.45, 2.75) is 6.42 Å². The molecule has 0 atom stereocenters. The minimum Gasteiger partial charge on any atom is -0.353 e. The van der Waals surface area contributed by atoms with Crippen LogP contribution in [0, 0.1) is 11.3 Å². The molecule has 0 aliphatic carbocycles. The molecule has 1 aliphatic rings. The Morgan fingerprint density at radius 3 is 2.65 bits per heavy atom. The largest absolute Gasteiger partial charge is 0.353 e. The summed E-state index contributed by atoms with van der Waals surface area (Å²) in [4.78, 5) is 22.0. The number of benzene rings is 2. The standard InChI is InChI=1S/C24H20ClN5O/c25-19-8-9-21-20(15-19)27-23(22-3-1-12-30(21)22)28-10-2-11-29(14-13-28)24(31)18-6-4-17(16-26)5-7-18/h1,3-9,12,15H,2,10-11,13-14H2. The van der Waals surface area contributed by atoms with Crippen LogP contribution in [-0.2, 0) is 0 Å². The Hall–Kier alpha value is -3.56. The lowest BCUT2D eigenvalue weighted by Crippen LogP contribution is -2.35. The molecule has 4 aromatic rings. The highest BCUT2D eigenvalue weighted by molar-refractivity contribution is 6.31. The van der Waals surface area contributed by atoms with Crippen LogP contribution in [0.3, 0.4) is 0 Å². The summed E-state index contributed by atoms with van der Waals surface area (Å²) in [5.74, 6) is 0.907. The lowest BCUT2D eigenvalue weighted by atomic mass is 10.1. The molecule has 5 rings (SSSR count). The second kappa shape index (κ2) is 7.93. The second-order valence-electron chi connectivity index (χ2n) is 7.65. The van der Waals surface area contributed by atoms with Gasteiger partial charge >= 0.3 is 0 Å². The van der Waals surface area contributed by atoms with Crippen molar-refractivity contribution in [2.75, 3.05) is 31.1 Å². The minimum absolute atomic E-state index is 0.00238. The maximum atomic E-state index is 13.0. The molecule has 0 saturated carbocycles. The van der Waals surface area contributed by atoms with Crippen molar-refractivity contribution in [2.24, 2.45) is 0 Å². The molecule has 0 radical (unpaired) electrons. The van der Waals surface area contributed by atoms with Gasteiger partial charge in [-0.25, -0.2) is 4.98 Å². The maximum Gasteiger partial charge on any atom is 0.253 e. The summed E-state index contributed by atoms with van der Waals surface area (Å²) >= 11 is 6.21. The van der Waals surface area contributed by atoms with E-state index in [4.69, 9.17) is 21.8 Å². The number of fused-ring (bicyclic) bond motifs is 3. The van der Waals surface area contributed by atoms with Crippen LogP contribution in [0.5, 0.6) is 0 Å². The third-order valence-electron chi connectivity index (χ3n) is 5.74. The van der Waals surface area contributed by atoms with Gasteiger partial charge in [-0.05, 0) is 61.0 Å². The van der Waals surface area contributed by atoms with Gasteiger partial charge in [-0.3, -0.25) is 4.79 Å². The van der Waals surface area contributed by atoms with Gasteiger partial charge in [-0.1, -0.05) is 11.6 Å². The zero-order valence-electron chi connectivity index (χ0n) is 16.8. The van der Waals surface area contributed by atoms with E-state index in [0.29, 0.717) is 35.8 Å². The van der Waals surface area contributed by atoms with E-state index in [-0.39, 0.29) is 5.91 Å². The molecule has 7 heteroatoms. The van der Waals surface area contributed by atoms with Gasteiger partial charge in [0, 0.05) is 43.0 Å². The van der Waals surface area contributed by atoms with Crippen molar-refractivity contribution in [3.63, 3.8) is 0 Å². The van der Waals surface area contributed by atoms with Crippen molar-refractivity contribution < 1.29 is 4.79 Å². The fourth-order valence-corrected chi connectivity index (χ4v) is 4.34.